The first-order valence-electron chi connectivity index (χ1n) is 5.86. The molecule has 1 rings (SSSR count). The van der Waals surface area contributed by atoms with Crippen molar-refractivity contribution in [3.05, 3.63) is 29.8 Å². The first-order valence-corrected chi connectivity index (χ1v) is 5.86. The molecule has 4 nitrogen and oxygen atoms in total. The van der Waals surface area contributed by atoms with Crippen LogP contribution in [0.4, 0.5) is 0 Å². The van der Waals surface area contributed by atoms with E-state index in [0.29, 0.717) is 0 Å². The lowest BCUT2D eigenvalue weighted by molar-refractivity contribution is 0.368. The van der Waals surface area contributed by atoms with Crippen molar-refractivity contribution in [2.24, 2.45) is 5.73 Å². The molecule has 1 aromatic rings. The molecule has 0 atom stereocenters. The van der Waals surface area contributed by atoms with Gasteiger partial charge in [0.1, 0.15) is 11.8 Å². The first kappa shape index (κ1) is 13.5. The number of hydrogen-bond donors (Lipinski definition) is 2. The van der Waals surface area contributed by atoms with Crippen LogP contribution in [0.5, 0.6) is 5.75 Å². The largest absolute Gasteiger partial charge is 0.479 e. The van der Waals surface area contributed by atoms with Gasteiger partial charge in [0.05, 0.1) is 0 Å². The molecule has 0 bridgehead atoms. The Hall–Kier alpha value is -1.57. The van der Waals surface area contributed by atoms with E-state index in [2.05, 4.69) is 5.32 Å². The molecule has 3 N–H and O–H groups in total. The van der Waals surface area contributed by atoms with Gasteiger partial charge < -0.3 is 15.8 Å². The van der Waals surface area contributed by atoms with E-state index in [-0.39, 0.29) is 6.61 Å². The van der Waals surface area contributed by atoms with Crippen LogP contribution in [0.1, 0.15) is 18.4 Å². The number of nitriles is 1. The SMILES string of the molecule is N#CCOc1ccc(CNCCCCN)cc1. The summed E-state index contributed by atoms with van der Waals surface area (Å²) in [6.07, 6.45) is 2.17. The molecule has 0 aliphatic rings. The summed E-state index contributed by atoms with van der Waals surface area (Å²) < 4.78 is 5.17. The zero-order valence-electron chi connectivity index (χ0n) is 9.98. The van der Waals surface area contributed by atoms with Crippen LogP contribution < -0.4 is 15.8 Å². The van der Waals surface area contributed by atoms with Gasteiger partial charge in [-0.15, -0.1) is 0 Å². The third-order valence-electron chi connectivity index (χ3n) is 2.36. The fourth-order valence-electron chi connectivity index (χ4n) is 1.45. The van der Waals surface area contributed by atoms with Crippen LogP contribution in [0.3, 0.4) is 0 Å². The van der Waals surface area contributed by atoms with E-state index in [1.165, 1.54) is 5.56 Å². The summed E-state index contributed by atoms with van der Waals surface area (Å²) in [7, 11) is 0. The Morgan fingerprint density at radius 3 is 2.65 bits per heavy atom. The highest BCUT2D eigenvalue weighted by Crippen LogP contribution is 2.11. The Labute approximate surface area is 102 Å². The lowest BCUT2D eigenvalue weighted by Crippen LogP contribution is -2.15. The van der Waals surface area contributed by atoms with Crippen LogP contribution in [-0.4, -0.2) is 19.7 Å². The molecule has 0 radical (unpaired) electrons. The Kier molecular flexibility index (Phi) is 6.80. The Morgan fingerprint density at radius 1 is 1.24 bits per heavy atom. The van der Waals surface area contributed by atoms with E-state index in [4.69, 9.17) is 15.7 Å². The van der Waals surface area contributed by atoms with Crippen molar-refractivity contribution in [3.63, 3.8) is 0 Å². The predicted octanol–water partition coefficient (Wildman–Crippen LogP) is 1.42. The maximum absolute atomic E-state index is 8.38. The van der Waals surface area contributed by atoms with Gasteiger partial charge in [0, 0.05) is 6.54 Å². The van der Waals surface area contributed by atoms with E-state index >= 15 is 0 Å². The summed E-state index contributed by atoms with van der Waals surface area (Å²) in [5, 5.41) is 11.7. The van der Waals surface area contributed by atoms with E-state index in [1.54, 1.807) is 0 Å². The van der Waals surface area contributed by atoms with Crippen molar-refractivity contribution in [3.8, 4) is 11.8 Å². The first-order chi connectivity index (χ1) is 8.36. The summed E-state index contributed by atoms with van der Waals surface area (Å²) in [6.45, 7) is 2.69. The van der Waals surface area contributed by atoms with Gasteiger partial charge in [-0.3, -0.25) is 0 Å². The standard InChI is InChI=1S/C13H19N3O/c14-7-1-2-9-16-11-12-3-5-13(6-4-12)17-10-8-15/h3-6,16H,1-2,7,9-11,14H2. The number of nitrogens with zero attached hydrogens (tertiary/aromatic N) is 1. The van der Waals surface area contributed by atoms with Gasteiger partial charge in [0.25, 0.3) is 0 Å². The molecule has 0 spiro atoms. The maximum atomic E-state index is 8.38. The van der Waals surface area contributed by atoms with Gasteiger partial charge in [0.15, 0.2) is 6.61 Å². The van der Waals surface area contributed by atoms with Gasteiger partial charge in [-0.05, 0) is 43.6 Å². The average molecular weight is 233 g/mol. The maximum Gasteiger partial charge on any atom is 0.174 e. The molecule has 0 fully saturated rings. The highest BCUT2D eigenvalue weighted by Gasteiger charge is 1.95. The highest BCUT2D eigenvalue weighted by molar-refractivity contribution is 5.27. The van der Waals surface area contributed by atoms with Crippen LogP contribution in [0.2, 0.25) is 0 Å². The predicted molar refractivity (Wildman–Crippen MR) is 67.5 cm³/mol. The van der Waals surface area contributed by atoms with Crippen molar-refractivity contribution < 1.29 is 4.74 Å². The minimum atomic E-state index is 0.0939. The average Bonchev–Trinajstić information content (AvgIpc) is 2.37. The normalized spacial score (nSPS) is 9.88. The number of hydrogen-bond acceptors (Lipinski definition) is 4. The molecule has 1 aromatic carbocycles. The smallest absolute Gasteiger partial charge is 0.174 e. The van der Waals surface area contributed by atoms with Crippen molar-refractivity contribution >= 4 is 0 Å². The molecule has 92 valence electrons. The zero-order valence-corrected chi connectivity index (χ0v) is 9.98. The second-order valence-corrected chi connectivity index (χ2v) is 3.76. The van der Waals surface area contributed by atoms with Crippen LogP contribution in [0.15, 0.2) is 24.3 Å². The van der Waals surface area contributed by atoms with Crippen LogP contribution in [0, 0.1) is 11.3 Å². The van der Waals surface area contributed by atoms with Crippen molar-refractivity contribution in [2.45, 2.75) is 19.4 Å². The lowest BCUT2D eigenvalue weighted by atomic mass is 10.2. The van der Waals surface area contributed by atoms with Crippen LogP contribution >= 0.6 is 0 Å². The van der Waals surface area contributed by atoms with Crippen molar-refractivity contribution in [2.75, 3.05) is 19.7 Å². The highest BCUT2D eigenvalue weighted by atomic mass is 16.5. The van der Waals surface area contributed by atoms with Crippen LogP contribution in [0.25, 0.3) is 0 Å². The zero-order chi connectivity index (χ0) is 12.3. The molecule has 0 amide bonds. The van der Waals surface area contributed by atoms with Gasteiger partial charge >= 0.3 is 0 Å². The molecule has 0 unspecified atom stereocenters. The van der Waals surface area contributed by atoms with Crippen LogP contribution in [-0.2, 0) is 6.54 Å². The molecule has 0 saturated carbocycles. The van der Waals surface area contributed by atoms with Gasteiger partial charge in [-0.25, -0.2) is 0 Å². The molecule has 17 heavy (non-hydrogen) atoms. The summed E-state index contributed by atoms with van der Waals surface area (Å²) in [5.41, 5.74) is 6.62. The monoisotopic (exact) mass is 233 g/mol. The van der Waals surface area contributed by atoms with Gasteiger partial charge in [-0.1, -0.05) is 12.1 Å². The molecular formula is C13H19N3O. The number of nitrogens with two attached hydrogens (primary N) is 1. The fraction of sp³-hybridized carbons (Fsp3) is 0.462. The number of ether oxygens (including phenoxy) is 1. The minimum Gasteiger partial charge on any atom is -0.479 e. The molecule has 0 heterocycles. The third kappa shape index (κ3) is 5.91. The molecule has 4 heteroatoms. The Balaban J connectivity index is 2.23. The van der Waals surface area contributed by atoms with E-state index in [1.807, 2.05) is 30.3 Å². The number of rotatable bonds is 8. The summed E-state index contributed by atoms with van der Waals surface area (Å²) in [5.74, 6) is 0.735. The van der Waals surface area contributed by atoms with E-state index in [0.717, 1.165) is 38.2 Å². The third-order valence-corrected chi connectivity index (χ3v) is 2.36. The quantitative estimate of drug-likeness (QED) is 0.666. The van der Waals surface area contributed by atoms with E-state index in [9.17, 15) is 0 Å². The van der Waals surface area contributed by atoms with Crippen molar-refractivity contribution in [1.29, 1.82) is 5.26 Å². The Morgan fingerprint density at radius 2 is 2.00 bits per heavy atom. The molecular weight excluding hydrogens is 214 g/mol. The lowest BCUT2D eigenvalue weighted by Gasteiger charge is -2.06. The van der Waals surface area contributed by atoms with Crippen molar-refractivity contribution in [1.82, 2.24) is 5.32 Å². The van der Waals surface area contributed by atoms with Gasteiger partial charge in [0.2, 0.25) is 0 Å². The second kappa shape index (κ2) is 8.57. The second-order valence-electron chi connectivity index (χ2n) is 3.76. The molecule has 0 aromatic heterocycles. The van der Waals surface area contributed by atoms with Gasteiger partial charge in [-0.2, -0.15) is 5.26 Å². The van der Waals surface area contributed by atoms with E-state index < -0.39 is 0 Å². The summed E-state index contributed by atoms with van der Waals surface area (Å²) in [4.78, 5) is 0. The fourth-order valence-corrected chi connectivity index (χ4v) is 1.45. The topological polar surface area (TPSA) is 71.1 Å². The molecule has 0 saturated heterocycles. The molecule has 0 aliphatic heterocycles. The Bertz CT molecular complexity index is 343. The summed E-state index contributed by atoms with van der Waals surface area (Å²) in [6, 6.07) is 9.71. The minimum absolute atomic E-state index is 0.0939. The summed E-state index contributed by atoms with van der Waals surface area (Å²) >= 11 is 0. The molecule has 0 aliphatic carbocycles. The number of unbranched alkanes of at least 4 members (excludes halogenated alkanes) is 1. The number of nitrogens with one attached hydrogen (secondary N) is 1. The number of benzene rings is 1.